The zero-order valence-electron chi connectivity index (χ0n) is 35.1. The number of unbranched alkanes of at least 4 members (excludes halogenated alkanes) is 19. The van der Waals surface area contributed by atoms with Crippen molar-refractivity contribution in [2.45, 2.75) is 212 Å². The van der Waals surface area contributed by atoms with Crippen LogP contribution in [-0.2, 0) is 14.3 Å². The van der Waals surface area contributed by atoms with E-state index >= 15 is 0 Å². The number of ether oxygens (including phenoxy) is 1. The van der Waals surface area contributed by atoms with Crippen LogP contribution in [0.15, 0.2) is 72.9 Å². The molecule has 0 spiro atoms. The summed E-state index contributed by atoms with van der Waals surface area (Å²) in [7, 11) is 0. The number of nitrogens with one attached hydrogen (secondary N) is 1. The number of aliphatic hydroxyl groups is 2. The second kappa shape index (κ2) is 41.5. The molecule has 54 heavy (non-hydrogen) atoms. The van der Waals surface area contributed by atoms with E-state index in [0.29, 0.717) is 19.3 Å². The number of carbonyl (C=O) groups is 2. The van der Waals surface area contributed by atoms with Crippen molar-refractivity contribution in [1.82, 2.24) is 5.32 Å². The van der Waals surface area contributed by atoms with Gasteiger partial charge in [0.25, 0.3) is 0 Å². The first-order valence-electron chi connectivity index (χ1n) is 22.2. The van der Waals surface area contributed by atoms with Gasteiger partial charge in [-0.1, -0.05) is 216 Å². The number of amides is 1. The number of rotatable bonds is 38. The molecule has 0 aliphatic heterocycles. The third-order valence-corrected chi connectivity index (χ3v) is 9.71. The average Bonchev–Trinajstić information content (AvgIpc) is 3.16. The molecule has 3 atom stereocenters. The predicted molar refractivity (Wildman–Crippen MR) is 231 cm³/mol. The Labute approximate surface area is 332 Å². The predicted octanol–water partition coefficient (Wildman–Crippen LogP) is 12.7. The maximum Gasteiger partial charge on any atom is 0.306 e. The second-order valence-electron chi connectivity index (χ2n) is 14.9. The zero-order chi connectivity index (χ0) is 39.6. The Morgan fingerprint density at radius 1 is 0.556 bits per heavy atom. The molecule has 0 aromatic heterocycles. The lowest BCUT2D eigenvalue weighted by Gasteiger charge is -2.24. The van der Waals surface area contributed by atoms with Crippen molar-refractivity contribution in [2.75, 3.05) is 6.61 Å². The van der Waals surface area contributed by atoms with Gasteiger partial charge in [-0.05, 0) is 38.5 Å². The molecule has 3 unspecified atom stereocenters. The highest BCUT2D eigenvalue weighted by atomic mass is 16.5. The Balaban J connectivity index is 4.80. The first-order chi connectivity index (χ1) is 26.5. The molecule has 0 aromatic carbocycles. The minimum atomic E-state index is -0.806. The highest BCUT2D eigenvalue weighted by Gasteiger charge is 2.24. The Morgan fingerprint density at radius 3 is 1.48 bits per heavy atom. The van der Waals surface area contributed by atoms with Crippen LogP contribution in [-0.4, -0.2) is 46.9 Å². The largest absolute Gasteiger partial charge is 0.462 e. The number of esters is 1. The fourth-order valence-electron chi connectivity index (χ4n) is 6.35. The third-order valence-electron chi connectivity index (χ3n) is 9.71. The van der Waals surface area contributed by atoms with Crippen LogP contribution in [0.3, 0.4) is 0 Å². The van der Waals surface area contributed by atoms with Crippen molar-refractivity contribution in [2.24, 2.45) is 0 Å². The standard InChI is InChI=1S/C48H83NO5/c1-4-7-10-13-16-19-21-22-23-24-26-28-30-33-36-39-44(54-48(53)41-38-35-32-29-25-20-17-14-11-8-5-2)42-47(52)49-45(43-50)46(51)40-37-34-31-27-18-15-12-9-6-3/h7,10,13,16,19,21-24,26,28,30,44-46,50-51H,4-6,8-9,11-12,14-15,17-18,20,25,27,29,31-43H2,1-3H3,(H,49,52)/b10-7-,16-13+,21-19+,23-22-,26-24+,30-28+. The van der Waals surface area contributed by atoms with Crippen LogP contribution < -0.4 is 5.32 Å². The first kappa shape index (κ1) is 51.3. The summed E-state index contributed by atoms with van der Waals surface area (Å²) in [5.74, 6) is -0.556. The third kappa shape index (κ3) is 36.3. The molecule has 310 valence electrons. The highest BCUT2D eigenvalue weighted by molar-refractivity contribution is 5.77. The van der Waals surface area contributed by atoms with E-state index in [1.165, 1.54) is 89.9 Å². The minimum Gasteiger partial charge on any atom is -0.462 e. The van der Waals surface area contributed by atoms with Crippen molar-refractivity contribution >= 4 is 11.9 Å². The van der Waals surface area contributed by atoms with Crippen molar-refractivity contribution in [3.63, 3.8) is 0 Å². The molecule has 0 bridgehead atoms. The topological polar surface area (TPSA) is 95.9 Å². The number of hydrogen-bond donors (Lipinski definition) is 3. The number of carbonyl (C=O) groups excluding carboxylic acids is 2. The van der Waals surface area contributed by atoms with E-state index in [-0.39, 0.29) is 24.9 Å². The van der Waals surface area contributed by atoms with Crippen molar-refractivity contribution in [3.05, 3.63) is 72.9 Å². The van der Waals surface area contributed by atoms with Crippen LogP contribution in [0.1, 0.15) is 194 Å². The molecule has 0 fully saturated rings. The summed E-state index contributed by atoms with van der Waals surface area (Å²) in [5.41, 5.74) is 0. The Bertz CT molecular complexity index is 1030. The van der Waals surface area contributed by atoms with Gasteiger partial charge in [0.05, 0.1) is 25.2 Å². The molecule has 1 amide bonds. The molecule has 0 radical (unpaired) electrons. The Hall–Kier alpha value is -2.70. The molecule has 0 aliphatic carbocycles. The molecule has 0 heterocycles. The van der Waals surface area contributed by atoms with Crippen molar-refractivity contribution in [3.8, 4) is 0 Å². The summed E-state index contributed by atoms with van der Waals surface area (Å²) >= 11 is 0. The molecule has 6 nitrogen and oxygen atoms in total. The molecule has 0 saturated heterocycles. The van der Waals surface area contributed by atoms with Gasteiger partial charge in [0, 0.05) is 6.42 Å². The van der Waals surface area contributed by atoms with Gasteiger partial charge in [0.2, 0.25) is 5.91 Å². The molecule has 0 rings (SSSR count). The Kier molecular flexibility index (Phi) is 39.4. The molecular weight excluding hydrogens is 671 g/mol. The quantitative estimate of drug-likeness (QED) is 0.0331. The second-order valence-corrected chi connectivity index (χ2v) is 14.9. The van der Waals surface area contributed by atoms with Crippen LogP contribution in [0, 0.1) is 0 Å². The van der Waals surface area contributed by atoms with Crippen molar-refractivity contribution in [1.29, 1.82) is 0 Å². The zero-order valence-corrected chi connectivity index (χ0v) is 35.1. The lowest BCUT2D eigenvalue weighted by molar-refractivity contribution is -0.151. The van der Waals surface area contributed by atoms with Gasteiger partial charge >= 0.3 is 5.97 Å². The summed E-state index contributed by atoms with van der Waals surface area (Å²) < 4.78 is 5.85. The molecule has 0 aromatic rings. The van der Waals surface area contributed by atoms with E-state index in [4.69, 9.17) is 4.74 Å². The summed E-state index contributed by atoms with van der Waals surface area (Å²) in [6.07, 6.45) is 51.1. The summed E-state index contributed by atoms with van der Waals surface area (Å²) in [4.78, 5) is 25.9. The van der Waals surface area contributed by atoms with Gasteiger partial charge in [-0.2, -0.15) is 0 Å². The maximum absolute atomic E-state index is 13.1. The van der Waals surface area contributed by atoms with Crippen LogP contribution in [0.5, 0.6) is 0 Å². The van der Waals surface area contributed by atoms with Crippen LogP contribution in [0.25, 0.3) is 0 Å². The van der Waals surface area contributed by atoms with E-state index < -0.39 is 18.2 Å². The van der Waals surface area contributed by atoms with Gasteiger partial charge in [0.1, 0.15) is 6.10 Å². The van der Waals surface area contributed by atoms with Crippen molar-refractivity contribution < 1.29 is 24.5 Å². The highest BCUT2D eigenvalue weighted by Crippen LogP contribution is 2.16. The summed E-state index contributed by atoms with van der Waals surface area (Å²) in [6.45, 7) is 6.26. The van der Waals surface area contributed by atoms with Gasteiger partial charge in [0.15, 0.2) is 0 Å². The van der Waals surface area contributed by atoms with Crippen LogP contribution in [0.2, 0.25) is 0 Å². The van der Waals surface area contributed by atoms with Gasteiger partial charge in [-0.3, -0.25) is 9.59 Å². The van der Waals surface area contributed by atoms with E-state index in [2.05, 4.69) is 38.2 Å². The fourth-order valence-corrected chi connectivity index (χ4v) is 6.35. The molecule has 0 aliphatic rings. The minimum absolute atomic E-state index is 0.0251. The number of hydrogen-bond acceptors (Lipinski definition) is 5. The van der Waals surface area contributed by atoms with Crippen LogP contribution >= 0.6 is 0 Å². The Morgan fingerprint density at radius 2 is 1.00 bits per heavy atom. The number of allylic oxidation sites excluding steroid dienone is 12. The van der Waals surface area contributed by atoms with Gasteiger partial charge in [-0.25, -0.2) is 0 Å². The fraction of sp³-hybridized carbons (Fsp3) is 0.708. The van der Waals surface area contributed by atoms with E-state index in [1.807, 2.05) is 60.8 Å². The summed E-state index contributed by atoms with van der Waals surface area (Å²) in [6, 6.07) is -0.724. The SMILES string of the molecule is CC\C=C/C=C/C=C/C=C\C=C\C=C\CCCC(CC(=O)NC(CO)C(O)CCCCCCCCCCC)OC(=O)CCCCCCCCCCCCC. The van der Waals surface area contributed by atoms with E-state index in [9.17, 15) is 19.8 Å². The van der Waals surface area contributed by atoms with Gasteiger partial charge in [-0.15, -0.1) is 0 Å². The van der Waals surface area contributed by atoms with Gasteiger partial charge < -0.3 is 20.3 Å². The normalized spacial score (nSPS) is 14.1. The molecule has 3 N–H and O–H groups in total. The molecular formula is C48H83NO5. The van der Waals surface area contributed by atoms with E-state index in [0.717, 1.165) is 57.8 Å². The van der Waals surface area contributed by atoms with Crippen LogP contribution in [0.4, 0.5) is 0 Å². The smallest absolute Gasteiger partial charge is 0.306 e. The average molecular weight is 754 g/mol. The summed E-state index contributed by atoms with van der Waals surface area (Å²) in [5, 5.41) is 23.5. The number of aliphatic hydroxyl groups excluding tert-OH is 2. The monoisotopic (exact) mass is 754 g/mol. The maximum atomic E-state index is 13.1. The lowest BCUT2D eigenvalue weighted by Crippen LogP contribution is -2.46. The molecule has 0 saturated carbocycles. The molecule has 6 heteroatoms. The van der Waals surface area contributed by atoms with E-state index in [1.54, 1.807) is 0 Å². The first-order valence-corrected chi connectivity index (χ1v) is 22.2. The lowest BCUT2D eigenvalue weighted by atomic mass is 10.0.